The second kappa shape index (κ2) is 10.7. The van der Waals surface area contributed by atoms with Crippen LogP contribution in [0.4, 0.5) is 21.6 Å². The van der Waals surface area contributed by atoms with E-state index in [4.69, 9.17) is 14.5 Å². The molecule has 1 aromatic heterocycles. The van der Waals surface area contributed by atoms with E-state index in [1.165, 1.54) is 12.1 Å². The maximum Gasteiger partial charge on any atom is 0.162 e. The number of nitrogens with one attached hydrogen (secondary N) is 1. The predicted molar refractivity (Wildman–Crippen MR) is 142 cm³/mol. The van der Waals surface area contributed by atoms with Crippen molar-refractivity contribution in [2.24, 2.45) is 5.92 Å². The highest BCUT2D eigenvalue weighted by Gasteiger charge is 2.19. The van der Waals surface area contributed by atoms with Crippen LogP contribution in [-0.2, 0) is 6.61 Å². The van der Waals surface area contributed by atoms with Gasteiger partial charge in [-0.2, -0.15) is 5.26 Å². The third-order valence-corrected chi connectivity index (χ3v) is 6.65. The smallest absolute Gasteiger partial charge is 0.162 e. The highest BCUT2D eigenvalue weighted by Crippen LogP contribution is 2.34. The lowest BCUT2D eigenvalue weighted by Gasteiger charge is -2.31. The van der Waals surface area contributed by atoms with E-state index in [1.807, 2.05) is 18.2 Å². The lowest BCUT2D eigenvalue weighted by Crippen LogP contribution is -2.33. The number of fused-ring (bicyclic) bond motifs is 1. The van der Waals surface area contributed by atoms with Crippen LogP contribution in [0.2, 0.25) is 0 Å². The topological polar surface area (TPSA) is 83.3 Å². The lowest BCUT2D eigenvalue weighted by atomic mass is 9.99. The Morgan fingerprint density at radius 3 is 2.70 bits per heavy atom. The van der Waals surface area contributed by atoms with Crippen LogP contribution in [0.15, 0.2) is 60.8 Å². The van der Waals surface area contributed by atoms with Crippen LogP contribution >= 0.6 is 0 Å². The molecule has 1 aliphatic rings. The lowest BCUT2D eigenvalue weighted by molar-refractivity contribution is 0.284. The zero-order chi connectivity index (χ0) is 25.8. The van der Waals surface area contributed by atoms with Gasteiger partial charge >= 0.3 is 0 Å². The number of nitrogens with zero attached hydrogens (tertiary/aromatic N) is 4. The molecule has 7 nitrogen and oxygen atoms in total. The fourth-order valence-corrected chi connectivity index (χ4v) is 4.48. The summed E-state index contributed by atoms with van der Waals surface area (Å²) in [7, 11) is 1.56. The molecule has 0 radical (unpaired) electrons. The first kappa shape index (κ1) is 24.3. The van der Waals surface area contributed by atoms with Gasteiger partial charge in [0.2, 0.25) is 0 Å². The first-order valence-corrected chi connectivity index (χ1v) is 12.3. The Balaban J connectivity index is 1.38. The number of aromatic nitrogens is 2. The van der Waals surface area contributed by atoms with E-state index in [0.717, 1.165) is 43.0 Å². The van der Waals surface area contributed by atoms with Gasteiger partial charge < -0.3 is 19.7 Å². The van der Waals surface area contributed by atoms with E-state index in [1.54, 1.807) is 37.6 Å². The molecule has 1 aliphatic heterocycles. The number of piperidine rings is 1. The second-order valence-corrected chi connectivity index (χ2v) is 9.27. The summed E-state index contributed by atoms with van der Waals surface area (Å²) >= 11 is 0. The minimum absolute atomic E-state index is 0.209. The van der Waals surface area contributed by atoms with Gasteiger partial charge in [0.05, 0.1) is 24.5 Å². The zero-order valence-electron chi connectivity index (χ0n) is 20.9. The molecule has 4 aromatic rings. The van der Waals surface area contributed by atoms with Gasteiger partial charge in [0.1, 0.15) is 35.4 Å². The van der Waals surface area contributed by atoms with Gasteiger partial charge in [0.25, 0.3) is 0 Å². The van der Waals surface area contributed by atoms with Crippen molar-refractivity contribution >= 4 is 28.2 Å². The van der Waals surface area contributed by atoms with Crippen LogP contribution in [0, 0.1) is 23.1 Å². The summed E-state index contributed by atoms with van der Waals surface area (Å²) in [6.45, 7) is 4.36. The van der Waals surface area contributed by atoms with Crippen molar-refractivity contribution < 1.29 is 13.9 Å². The zero-order valence-corrected chi connectivity index (χ0v) is 20.9. The Labute approximate surface area is 215 Å². The molecule has 8 heteroatoms. The second-order valence-electron chi connectivity index (χ2n) is 9.27. The van der Waals surface area contributed by atoms with E-state index in [0.29, 0.717) is 39.7 Å². The van der Waals surface area contributed by atoms with Crippen LogP contribution in [0.1, 0.15) is 30.9 Å². The van der Waals surface area contributed by atoms with E-state index in [-0.39, 0.29) is 12.4 Å². The Kier molecular flexibility index (Phi) is 7.04. The summed E-state index contributed by atoms with van der Waals surface area (Å²) in [4.78, 5) is 11.6. The molecule has 5 rings (SSSR count). The van der Waals surface area contributed by atoms with E-state index < -0.39 is 0 Å². The minimum Gasteiger partial charge on any atom is -0.493 e. The number of anilines is 3. The Morgan fingerprint density at radius 2 is 1.95 bits per heavy atom. The number of benzene rings is 3. The number of ether oxygens (including phenoxy) is 2. The summed E-state index contributed by atoms with van der Waals surface area (Å²) in [6, 6.07) is 17.7. The molecule has 2 heterocycles. The number of hydrogen-bond donors (Lipinski definition) is 1. The van der Waals surface area contributed by atoms with Crippen LogP contribution in [0.25, 0.3) is 11.0 Å². The first-order chi connectivity index (χ1) is 18.0. The third kappa shape index (κ3) is 5.41. The van der Waals surface area contributed by atoms with Gasteiger partial charge in [-0.05, 0) is 60.7 Å². The fourth-order valence-electron chi connectivity index (χ4n) is 4.48. The van der Waals surface area contributed by atoms with Crippen molar-refractivity contribution in [1.82, 2.24) is 9.97 Å². The maximum absolute atomic E-state index is 13.5. The molecular formula is C29H28FN5O2. The van der Waals surface area contributed by atoms with Crippen LogP contribution < -0.4 is 19.7 Å². The molecule has 3 aromatic carbocycles. The Hall–Kier alpha value is -4.38. The number of hydrogen-bond acceptors (Lipinski definition) is 7. The molecule has 0 bridgehead atoms. The van der Waals surface area contributed by atoms with Crippen LogP contribution in [0.5, 0.6) is 11.5 Å². The average molecular weight is 498 g/mol. The van der Waals surface area contributed by atoms with Gasteiger partial charge in [-0.1, -0.05) is 19.1 Å². The monoisotopic (exact) mass is 497 g/mol. The van der Waals surface area contributed by atoms with E-state index in [9.17, 15) is 9.65 Å². The molecule has 1 N–H and O–H groups in total. The minimum atomic E-state index is -0.307. The average Bonchev–Trinajstić information content (AvgIpc) is 2.92. The van der Waals surface area contributed by atoms with Crippen LogP contribution in [-0.4, -0.2) is 30.2 Å². The van der Waals surface area contributed by atoms with Crippen molar-refractivity contribution in [3.8, 4) is 17.6 Å². The number of halogens is 1. The molecule has 0 aliphatic carbocycles. The summed E-state index contributed by atoms with van der Waals surface area (Å²) in [5.74, 6) is 2.25. The molecule has 0 atom stereocenters. The van der Waals surface area contributed by atoms with Crippen LogP contribution in [0.3, 0.4) is 0 Å². The fraction of sp³-hybridized carbons (Fsp3) is 0.276. The summed E-state index contributed by atoms with van der Waals surface area (Å²) in [6.07, 6.45) is 4.03. The highest BCUT2D eigenvalue weighted by molar-refractivity contribution is 5.89. The van der Waals surface area contributed by atoms with Gasteiger partial charge in [0.15, 0.2) is 11.5 Å². The normalized spacial score (nSPS) is 13.8. The number of nitriles is 1. The molecule has 0 spiro atoms. The summed E-state index contributed by atoms with van der Waals surface area (Å²) in [5, 5.41) is 13.3. The molecule has 188 valence electrons. The number of methoxy groups -OCH3 is 1. The molecule has 1 fully saturated rings. The Bertz CT molecular complexity index is 1460. The SMILES string of the molecule is COc1cc(Nc2ccc3ncc(N4CCC(C)CC4)nc3c2C#N)ccc1OCc1cccc(F)c1. The highest BCUT2D eigenvalue weighted by atomic mass is 19.1. The Morgan fingerprint density at radius 1 is 1.11 bits per heavy atom. The maximum atomic E-state index is 13.5. The van der Waals surface area contributed by atoms with Gasteiger partial charge in [0, 0.05) is 24.8 Å². The van der Waals surface area contributed by atoms with Crippen molar-refractivity contribution in [3.63, 3.8) is 0 Å². The molecular weight excluding hydrogens is 469 g/mol. The molecule has 37 heavy (non-hydrogen) atoms. The van der Waals surface area contributed by atoms with Crippen molar-refractivity contribution in [2.45, 2.75) is 26.4 Å². The van der Waals surface area contributed by atoms with Crippen molar-refractivity contribution in [2.75, 3.05) is 30.4 Å². The standard InChI is InChI=1S/C29H28FN5O2/c1-19-10-12-35(13-11-19)28-17-32-25-8-7-24(23(16-31)29(25)34-28)33-22-6-9-26(27(15-22)36-2)37-18-20-4-3-5-21(30)14-20/h3-9,14-15,17,19,33H,10-13,18H2,1-2H3. The molecule has 0 saturated carbocycles. The van der Waals surface area contributed by atoms with E-state index in [2.05, 4.69) is 28.2 Å². The molecule has 0 amide bonds. The predicted octanol–water partition coefficient (Wildman–Crippen LogP) is 6.21. The quantitative estimate of drug-likeness (QED) is 0.325. The van der Waals surface area contributed by atoms with E-state index >= 15 is 0 Å². The molecule has 0 unspecified atom stereocenters. The summed E-state index contributed by atoms with van der Waals surface area (Å²) in [5.41, 5.74) is 3.76. The third-order valence-electron chi connectivity index (χ3n) is 6.65. The largest absolute Gasteiger partial charge is 0.493 e. The summed E-state index contributed by atoms with van der Waals surface area (Å²) < 4.78 is 24.8. The first-order valence-electron chi connectivity index (χ1n) is 12.3. The van der Waals surface area contributed by atoms with Crippen molar-refractivity contribution in [1.29, 1.82) is 5.26 Å². The number of rotatable bonds is 7. The molecule has 1 saturated heterocycles. The van der Waals surface area contributed by atoms with Gasteiger partial charge in [-0.15, -0.1) is 0 Å². The van der Waals surface area contributed by atoms with Crippen molar-refractivity contribution in [3.05, 3.63) is 77.7 Å². The van der Waals surface area contributed by atoms with Gasteiger partial charge in [-0.25, -0.2) is 9.37 Å². The van der Waals surface area contributed by atoms with Gasteiger partial charge in [-0.3, -0.25) is 4.98 Å².